The molecule has 0 fully saturated rings. The predicted octanol–water partition coefficient (Wildman–Crippen LogP) is 1.31. The van der Waals surface area contributed by atoms with Crippen molar-refractivity contribution < 1.29 is 14.4 Å². The lowest BCUT2D eigenvalue weighted by atomic mass is 10.0. The molecular weight excluding hydrogens is 306 g/mol. The van der Waals surface area contributed by atoms with Crippen LogP contribution in [0.2, 0.25) is 0 Å². The number of aryl methyl sites for hydroxylation is 2. The minimum absolute atomic E-state index is 0.169. The fraction of sp³-hybridized carbons (Fsp3) is 0.500. The lowest BCUT2D eigenvalue weighted by molar-refractivity contribution is -0.128. The molecule has 0 heterocycles. The van der Waals surface area contributed by atoms with Crippen LogP contribution in [0.1, 0.15) is 41.8 Å². The first-order chi connectivity index (χ1) is 11.2. The molecule has 0 saturated carbocycles. The fourth-order valence-electron chi connectivity index (χ4n) is 2.27. The number of rotatable bonds is 7. The maximum Gasteiger partial charge on any atom is 0.251 e. The van der Waals surface area contributed by atoms with Crippen molar-refractivity contribution in [3.8, 4) is 0 Å². The molecule has 3 amide bonds. The molecule has 1 unspecified atom stereocenters. The summed E-state index contributed by atoms with van der Waals surface area (Å²) < 4.78 is 0. The van der Waals surface area contributed by atoms with E-state index in [-0.39, 0.29) is 30.2 Å². The van der Waals surface area contributed by atoms with Crippen LogP contribution in [-0.2, 0) is 9.59 Å². The molecule has 24 heavy (non-hydrogen) atoms. The second-order valence-electron chi connectivity index (χ2n) is 6.35. The number of nitrogens with one attached hydrogen (secondary N) is 3. The van der Waals surface area contributed by atoms with Crippen molar-refractivity contribution in [3.05, 3.63) is 34.9 Å². The number of benzene rings is 1. The smallest absolute Gasteiger partial charge is 0.251 e. The highest BCUT2D eigenvalue weighted by atomic mass is 16.2. The molecular formula is C18H27N3O3. The Labute approximate surface area is 143 Å². The highest BCUT2D eigenvalue weighted by Crippen LogP contribution is 2.09. The van der Waals surface area contributed by atoms with E-state index in [0.717, 1.165) is 11.1 Å². The van der Waals surface area contributed by atoms with Crippen LogP contribution in [0.5, 0.6) is 0 Å². The number of hydrogen-bond acceptors (Lipinski definition) is 3. The van der Waals surface area contributed by atoms with E-state index in [2.05, 4.69) is 16.0 Å². The molecule has 132 valence electrons. The van der Waals surface area contributed by atoms with Gasteiger partial charge in [0.2, 0.25) is 11.8 Å². The van der Waals surface area contributed by atoms with Gasteiger partial charge in [-0.2, -0.15) is 0 Å². The third-order valence-corrected chi connectivity index (χ3v) is 3.78. The summed E-state index contributed by atoms with van der Waals surface area (Å²) in [5.41, 5.74) is 2.63. The van der Waals surface area contributed by atoms with Gasteiger partial charge in [0, 0.05) is 12.6 Å². The van der Waals surface area contributed by atoms with E-state index in [0.29, 0.717) is 12.0 Å². The molecule has 1 atom stereocenters. The van der Waals surface area contributed by atoms with Gasteiger partial charge < -0.3 is 16.0 Å². The Balaban J connectivity index is 2.58. The molecule has 1 aromatic rings. The Morgan fingerprint density at radius 1 is 1.08 bits per heavy atom. The average molecular weight is 333 g/mol. The normalized spacial score (nSPS) is 11.8. The molecule has 1 rings (SSSR count). The summed E-state index contributed by atoms with van der Waals surface area (Å²) in [6.07, 6.45) is 0.538. The minimum atomic E-state index is -0.596. The zero-order chi connectivity index (χ0) is 18.3. The number of carbonyl (C=O) groups excluding carboxylic acids is 3. The first-order valence-corrected chi connectivity index (χ1v) is 8.11. The van der Waals surface area contributed by atoms with E-state index in [1.54, 1.807) is 12.1 Å². The van der Waals surface area contributed by atoms with Gasteiger partial charge in [0.05, 0.1) is 6.54 Å². The van der Waals surface area contributed by atoms with E-state index in [4.69, 9.17) is 0 Å². The second kappa shape index (κ2) is 9.05. The summed E-state index contributed by atoms with van der Waals surface area (Å²) in [7, 11) is 1.53. The molecule has 0 aliphatic rings. The summed E-state index contributed by atoms with van der Waals surface area (Å²) in [6, 6.07) is 4.78. The van der Waals surface area contributed by atoms with E-state index in [1.165, 1.54) is 7.05 Å². The lowest BCUT2D eigenvalue weighted by Crippen LogP contribution is -2.49. The van der Waals surface area contributed by atoms with Crippen molar-refractivity contribution in [2.24, 2.45) is 5.92 Å². The van der Waals surface area contributed by atoms with Crippen molar-refractivity contribution in [3.63, 3.8) is 0 Å². The first kappa shape index (κ1) is 19.7. The Morgan fingerprint density at radius 2 is 1.75 bits per heavy atom. The van der Waals surface area contributed by atoms with Gasteiger partial charge in [-0.3, -0.25) is 14.4 Å². The third-order valence-electron chi connectivity index (χ3n) is 3.78. The van der Waals surface area contributed by atoms with Crippen LogP contribution >= 0.6 is 0 Å². The molecule has 0 aromatic heterocycles. The minimum Gasteiger partial charge on any atom is -0.357 e. The van der Waals surface area contributed by atoms with Crippen LogP contribution in [0, 0.1) is 19.8 Å². The quantitative estimate of drug-likeness (QED) is 0.703. The lowest BCUT2D eigenvalue weighted by Gasteiger charge is -2.19. The van der Waals surface area contributed by atoms with E-state index >= 15 is 0 Å². The monoisotopic (exact) mass is 333 g/mol. The number of amides is 3. The molecule has 0 saturated heterocycles. The summed E-state index contributed by atoms with van der Waals surface area (Å²) in [5.74, 6) is -0.676. The Bertz CT molecular complexity index is 612. The van der Waals surface area contributed by atoms with Crippen LogP contribution in [0.15, 0.2) is 18.2 Å². The Hall–Kier alpha value is -2.37. The topological polar surface area (TPSA) is 87.3 Å². The van der Waals surface area contributed by atoms with E-state index < -0.39 is 6.04 Å². The summed E-state index contributed by atoms with van der Waals surface area (Å²) in [5, 5.41) is 7.78. The van der Waals surface area contributed by atoms with Crippen molar-refractivity contribution >= 4 is 17.7 Å². The van der Waals surface area contributed by atoms with Crippen LogP contribution in [0.25, 0.3) is 0 Å². The van der Waals surface area contributed by atoms with Gasteiger partial charge in [-0.15, -0.1) is 0 Å². The maximum atomic E-state index is 12.1. The number of carbonyl (C=O) groups is 3. The van der Waals surface area contributed by atoms with Gasteiger partial charge in [-0.25, -0.2) is 0 Å². The molecule has 6 nitrogen and oxygen atoms in total. The SMILES string of the molecule is CNC(=O)C(CC(C)C)NC(=O)CNC(=O)c1ccc(C)c(C)c1. The van der Waals surface area contributed by atoms with Crippen molar-refractivity contribution in [1.29, 1.82) is 0 Å². The van der Waals surface area contributed by atoms with Crippen LogP contribution in [-0.4, -0.2) is 37.4 Å². The molecule has 0 aliphatic heterocycles. The predicted molar refractivity (Wildman–Crippen MR) is 93.7 cm³/mol. The van der Waals surface area contributed by atoms with Gasteiger partial charge in [0.25, 0.3) is 5.91 Å². The highest BCUT2D eigenvalue weighted by molar-refractivity contribution is 5.97. The van der Waals surface area contributed by atoms with Gasteiger partial charge in [0.1, 0.15) is 6.04 Å². The highest BCUT2D eigenvalue weighted by Gasteiger charge is 2.21. The van der Waals surface area contributed by atoms with E-state index in [9.17, 15) is 14.4 Å². The molecule has 0 spiro atoms. The Kier molecular flexibility index (Phi) is 7.42. The molecule has 6 heteroatoms. The number of hydrogen-bond donors (Lipinski definition) is 3. The van der Waals surface area contributed by atoms with Gasteiger partial charge in [-0.1, -0.05) is 19.9 Å². The van der Waals surface area contributed by atoms with Crippen molar-refractivity contribution in [1.82, 2.24) is 16.0 Å². The molecule has 1 aromatic carbocycles. The van der Waals surface area contributed by atoms with Gasteiger partial charge in [-0.05, 0) is 49.4 Å². The standard InChI is InChI=1S/C18H27N3O3/c1-11(2)8-15(18(24)19-5)21-16(22)10-20-17(23)14-7-6-12(3)13(4)9-14/h6-7,9,11,15H,8,10H2,1-5H3,(H,19,24)(H,20,23)(H,21,22). The first-order valence-electron chi connectivity index (χ1n) is 8.11. The van der Waals surface area contributed by atoms with Crippen LogP contribution < -0.4 is 16.0 Å². The summed E-state index contributed by atoms with van der Waals surface area (Å²) in [6.45, 7) is 7.68. The van der Waals surface area contributed by atoms with E-state index in [1.807, 2.05) is 33.8 Å². The second-order valence-corrected chi connectivity index (χ2v) is 6.35. The summed E-state index contributed by atoms with van der Waals surface area (Å²) in [4.78, 5) is 35.9. The average Bonchev–Trinajstić information content (AvgIpc) is 2.53. The zero-order valence-corrected chi connectivity index (χ0v) is 15.0. The fourth-order valence-corrected chi connectivity index (χ4v) is 2.27. The summed E-state index contributed by atoms with van der Waals surface area (Å²) >= 11 is 0. The van der Waals surface area contributed by atoms with Crippen molar-refractivity contribution in [2.75, 3.05) is 13.6 Å². The van der Waals surface area contributed by atoms with Gasteiger partial charge in [0.15, 0.2) is 0 Å². The van der Waals surface area contributed by atoms with Crippen LogP contribution in [0.4, 0.5) is 0 Å². The third kappa shape index (κ3) is 6.02. The maximum absolute atomic E-state index is 12.1. The molecule has 0 aliphatic carbocycles. The van der Waals surface area contributed by atoms with Crippen LogP contribution in [0.3, 0.4) is 0 Å². The molecule has 0 radical (unpaired) electrons. The largest absolute Gasteiger partial charge is 0.357 e. The van der Waals surface area contributed by atoms with Gasteiger partial charge >= 0.3 is 0 Å². The van der Waals surface area contributed by atoms with Crippen molar-refractivity contribution in [2.45, 2.75) is 40.2 Å². The molecule has 0 bridgehead atoms. The number of likely N-dealkylation sites (N-methyl/N-ethyl adjacent to an activating group) is 1. The zero-order valence-electron chi connectivity index (χ0n) is 15.0. The Morgan fingerprint density at radius 3 is 2.29 bits per heavy atom. The molecule has 3 N–H and O–H groups in total.